The van der Waals surface area contributed by atoms with Crippen LogP contribution in [0.25, 0.3) is 11.1 Å². The van der Waals surface area contributed by atoms with E-state index in [-0.39, 0.29) is 41.2 Å². The highest BCUT2D eigenvalue weighted by Crippen LogP contribution is 2.31. The van der Waals surface area contributed by atoms with E-state index in [1.54, 1.807) is 36.4 Å². The van der Waals surface area contributed by atoms with Crippen molar-refractivity contribution in [3.05, 3.63) is 109 Å². The number of ether oxygens (including phenoxy) is 4. The van der Waals surface area contributed by atoms with E-state index in [0.29, 0.717) is 22.4 Å². The van der Waals surface area contributed by atoms with Gasteiger partial charge in [0.25, 0.3) is 0 Å². The first kappa shape index (κ1) is 30.2. The van der Waals surface area contributed by atoms with Crippen LogP contribution in [0, 0.1) is 5.82 Å². The normalized spacial score (nSPS) is 10.2. The van der Waals surface area contributed by atoms with Crippen LogP contribution in [0.1, 0.15) is 25.8 Å². The van der Waals surface area contributed by atoms with E-state index < -0.39 is 29.7 Å². The summed E-state index contributed by atoms with van der Waals surface area (Å²) in [6.45, 7) is 13.3. The maximum Gasteiger partial charge on any atom is 0.338 e. The number of carbonyl (C=O) groups is 4. The second-order valence-electron chi connectivity index (χ2n) is 8.89. The summed E-state index contributed by atoms with van der Waals surface area (Å²) < 4.78 is 35.5. The second kappa shape index (κ2) is 13.7. The summed E-state index contributed by atoms with van der Waals surface area (Å²) in [4.78, 5) is 47.8. The van der Waals surface area contributed by atoms with Crippen LogP contribution < -0.4 is 18.9 Å². The molecule has 3 rings (SSSR count). The Kier molecular flexibility index (Phi) is 10.1. The van der Waals surface area contributed by atoms with Crippen LogP contribution in [0.2, 0.25) is 0 Å². The first-order valence-electron chi connectivity index (χ1n) is 12.3. The lowest BCUT2D eigenvalue weighted by Gasteiger charge is -2.12. The van der Waals surface area contributed by atoms with Crippen LogP contribution in [0.4, 0.5) is 4.39 Å². The molecular weight excluding hydrogens is 531 g/mol. The van der Waals surface area contributed by atoms with Gasteiger partial charge in [-0.3, -0.25) is 4.79 Å². The molecule has 0 spiro atoms. The van der Waals surface area contributed by atoms with E-state index in [1.165, 1.54) is 38.1 Å². The van der Waals surface area contributed by atoms with Crippen molar-refractivity contribution in [1.29, 1.82) is 0 Å². The first-order valence-corrected chi connectivity index (χ1v) is 12.3. The Morgan fingerprint density at radius 1 is 0.732 bits per heavy atom. The van der Waals surface area contributed by atoms with Crippen molar-refractivity contribution in [3.8, 4) is 34.1 Å². The largest absolute Gasteiger partial charge is 0.423 e. The average Bonchev–Trinajstić information content (AvgIpc) is 2.94. The maximum absolute atomic E-state index is 14.7. The number of rotatable bonds is 11. The van der Waals surface area contributed by atoms with E-state index in [2.05, 4.69) is 19.7 Å². The summed E-state index contributed by atoms with van der Waals surface area (Å²) in [5.41, 5.74) is 2.03. The monoisotopic (exact) mass is 558 g/mol. The predicted octanol–water partition coefficient (Wildman–Crippen LogP) is 6.09. The highest BCUT2D eigenvalue weighted by Gasteiger charge is 2.17. The molecule has 0 aromatic heterocycles. The Morgan fingerprint density at radius 3 is 1.90 bits per heavy atom. The minimum Gasteiger partial charge on any atom is -0.423 e. The van der Waals surface area contributed by atoms with E-state index in [0.717, 1.165) is 6.08 Å². The van der Waals surface area contributed by atoms with Gasteiger partial charge in [0.05, 0.1) is 0 Å². The molecule has 0 fully saturated rings. The van der Waals surface area contributed by atoms with Gasteiger partial charge in [0.2, 0.25) is 0 Å². The summed E-state index contributed by atoms with van der Waals surface area (Å²) >= 11 is 0. The van der Waals surface area contributed by atoms with Crippen molar-refractivity contribution >= 4 is 23.9 Å². The fourth-order valence-corrected chi connectivity index (χ4v) is 3.30. The smallest absolute Gasteiger partial charge is 0.338 e. The number of esters is 4. The summed E-state index contributed by atoms with van der Waals surface area (Å²) in [5.74, 6) is -3.42. The van der Waals surface area contributed by atoms with Crippen LogP contribution in [0.15, 0.2) is 97.6 Å². The molecule has 0 N–H and O–H groups in total. The third kappa shape index (κ3) is 8.59. The van der Waals surface area contributed by atoms with E-state index >= 15 is 0 Å². The Balaban J connectivity index is 1.66. The van der Waals surface area contributed by atoms with Gasteiger partial charge < -0.3 is 18.9 Å². The molecule has 0 amide bonds. The molecule has 0 bridgehead atoms. The Labute approximate surface area is 236 Å². The summed E-state index contributed by atoms with van der Waals surface area (Å²) in [6, 6.07) is 15.0. The van der Waals surface area contributed by atoms with Gasteiger partial charge in [-0.1, -0.05) is 44.0 Å². The van der Waals surface area contributed by atoms with Gasteiger partial charge in [0.15, 0.2) is 23.1 Å². The molecule has 3 aromatic rings. The number of carbonyl (C=O) groups excluding carboxylic acids is 4. The zero-order valence-corrected chi connectivity index (χ0v) is 22.5. The van der Waals surface area contributed by atoms with Gasteiger partial charge in [-0.25, -0.2) is 18.8 Å². The summed E-state index contributed by atoms with van der Waals surface area (Å²) in [5, 5.41) is 0. The number of benzene rings is 3. The minimum absolute atomic E-state index is 0.00601. The Morgan fingerprint density at radius 2 is 1.32 bits per heavy atom. The lowest BCUT2D eigenvalue weighted by molar-refractivity contribution is -0.134. The van der Waals surface area contributed by atoms with Crippen LogP contribution >= 0.6 is 0 Å². The zero-order chi connectivity index (χ0) is 30.1. The molecule has 41 heavy (non-hydrogen) atoms. The lowest BCUT2D eigenvalue weighted by atomic mass is 10.1. The van der Waals surface area contributed by atoms with Crippen molar-refractivity contribution in [2.75, 3.05) is 0 Å². The molecule has 0 atom stereocenters. The maximum atomic E-state index is 14.7. The van der Waals surface area contributed by atoms with Crippen LogP contribution in [-0.4, -0.2) is 23.9 Å². The molecular formula is C32H27FO8. The van der Waals surface area contributed by atoms with Crippen LogP contribution in [-0.2, 0) is 25.6 Å². The second-order valence-corrected chi connectivity index (χ2v) is 8.89. The van der Waals surface area contributed by atoms with Gasteiger partial charge in [0.1, 0.15) is 5.75 Å². The van der Waals surface area contributed by atoms with E-state index in [1.807, 2.05) is 0 Å². The first-order chi connectivity index (χ1) is 19.5. The van der Waals surface area contributed by atoms with Gasteiger partial charge in [-0.15, -0.1) is 0 Å². The van der Waals surface area contributed by atoms with Crippen molar-refractivity contribution in [2.24, 2.45) is 0 Å². The molecule has 3 aromatic carbocycles. The van der Waals surface area contributed by atoms with Gasteiger partial charge in [-0.2, -0.15) is 0 Å². The molecule has 0 aliphatic rings. The molecule has 0 saturated carbocycles. The number of hydrogen-bond donors (Lipinski definition) is 0. The zero-order valence-electron chi connectivity index (χ0n) is 22.5. The summed E-state index contributed by atoms with van der Waals surface area (Å²) in [7, 11) is 0. The highest BCUT2D eigenvalue weighted by molar-refractivity contribution is 5.91. The third-order valence-electron chi connectivity index (χ3n) is 5.46. The summed E-state index contributed by atoms with van der Waals surface area (Å²) in [6.07, 6.45) is 1.08. The SMILES string of the molecule is C=CC(=O)Oc1ccc(-c2ccc(OC(=O)CCc3ccc(OC(=O)C(=C)C)c(OC(=O)C(=C)C)c3)c(F)c2)cc1. The Bertz CT molecular complexity index is 1540. The predicted molar refractivity (Wildman–Crippen MR) is 149 cm³/mol. The molecule has 0 heterocycles. The fraction of sp³-hybridized carbons (Fsp3) is 0.125. The van der Waals surface area contributed by atoms with E-state index in [9.17, 15) is 23.6 Å². The van der Waals surface area contributed by atoms with Crippen LogP contribution in [0.3, 0.4) is 0 Å². The van der Waals surface area contributed by atoms with Crippen molar-refractivity contribution in [3.63, 3.8) is 0 Å². The van der Waals surface area contributed by atoms with Crippen LogP contribution in [0.5, 0.6) is 23.0 Å². The Hall–Kier alpha value is -5.31. The van der Waals surface area contributed by atoms with Crippen molar-refractivity contribution < 1.29 is 42.5 Å². The number of aryl methyl sites for hydroxylation is 1. The molecule has 0 aliphatic heterocycles. The molecule has 0 radical (unpaired) electrons. The average molecular weight is 559 g/mol. The molecule has 0 aliphatic carbocycles. The fourth-order valence-electron chi connectivity index (χ4n) is 3.30. The van der Waals surface area contributed by atoms with Crippen molar-refractivity contribution in [2.45, 2.75) is 26.7 Å². The number of hydrogen-bond acceptors (Lipinski definition) is 8. The highest BCUT2D eigenvalue weighted by atomic mass is 19.1. The third-order valence-corrected chi connectivity index (χ3v) is 5.46. The van der Waals surface area contributed by atoms with Gasteiger partial charge >= 0.3 is 23.9 Å². The van der Waals surface area contributed by atoms with Gasteiger partial charge in [-0.05, 0) is 73.4 Å². The minimum atomic E-state index is -0.740. The molecule has 9 heteroatoms. The quantitative estimate of drug-likeness (QED) is 0.158. The molecule has 0 unspecified atom stereocenters. The lowest BCUT2D eigenvalue weighted by Crippen LogP contribution is -2.13. The van der Waals surface area contributed by atoms with Gasteiger partial charge in [0, 0.05) is 23.6 Å². The standard InChI is InChI=1S/C32H27FO8/c1-6-29(34)38-24-12-9-22(10-13-24)23-11-15-26(25(33)18-23)39-30(35)16-8-21-7-14-27(40-31(36)19(2)3)28(17-21)41-32(37)20(4)5/h6-7,9-15,17-18H,1-2,4,8,16H2,3,5H3. The molecule has 210 valence electrons. The number of halogens is 1. The van der Waals surface area contributed by atoms with Crippen molar-refractivity contribution in [1.82, 2.24) is 0 Å². The van der Waals surface area contributed by atoms with E-state index in [4.69, 9.17) is 18.9 Å². The topological polar surface area (TPSA) is 105 Å². The molecule has 0 saturated heterocycles. The molecule has 8 nitrogen and oxygen atoms in total.